The van der Waals surface area contributed by atoms with Gasteiger partial charge in [-0.15, -0.1) is 5.10 Å². The normalized spacial score (nSPS) is 15.9. The number of nitrogens with one attached hydrogen (secondary N) is 2. The number of anilines is 2. The number of pyridine rings is 2. The van der Waals surface area contributed by atoms with Crippen LogP contribution in [0.1, 0.15) is 64.9 Å². The molecular formula is C41H39F2N9O8S. The molecule has 2 unspecified atom stereocenters. The number of carbonyl (C=O) groups is 5. The number of hydrogen-bond acceptors (Lipinski definition) is 13. The molecule has 2 N–H and O–H groups in total. The third kappa shape index (κ3) is 9.59. The molecular weight excluding hydrogens is 817 g/mol. The fourth-order valence-electron chi connectivity index (χ4n) is 6.86. The lowest BCUT2D eigenvalue weighted by Crippen LogP contribution is -2.54. The van der Waals surface area contributed by atoms with Crippen LogP contribution in [0.5, 0.6) is 11.5 Å². The summed E-state index contributed by atoms with van der Waals surface area (Å²) in [6, 6.07) is 11.8. The predicted octanol–water partition coefficient (Wildman–Crippen LogP) is 5.03. The number of ether oxygens (including phenoxy) is 2. The molecule has 2 atom stereocenters. The summed E-state index contributed by atoms with van der Waals surface area (Å²) in [4.78, 5) is 72.4. The molecule has 5 heterocycles. The Balaban J connectivity index is 0.849. The van der Waals surface area contributed by atoms with Crippen molar-refractivity contribution in [1.29, 1.82) is 0 Å². The van der Waals surface area contributed by atoms with Crippen molar-refractivity contribution >= 4 is 50.9 Å². The molecule has 5 aromatic rings. The van der Waals surface area contributed by atoms with Crippen molar-refractivity contribution in [1.82, 2.24) is 35.2 Å². The van der Waals surface area contributed by atoms with Gasteiger partial charge in [-0.05, 0) is 68.1 Å². The first kappa shape index (κ1) is 42.2. The number of amides is 5. The number of nitrogens with zero attached hydrogens (tertiary/aromatic N) is 7. The van der Waals surface area contributed by atoms with Crippen LogP contribution < -0.4 is 20.1 Å². The molecule has 0 bridgehead atoms. The van der Waals surface area contributed by atoms with E-state index in [1.165, 1.54) is 56.0 Å². The van der Waals surface area contributed by atoms with E-state index in [0.717, 1.165) is 17.2 Å². The first-order chi connectivity index (χ1) is 29.3. The highest BCUT2D eigenvalue weighted by atomic mass is 32.2. The molecule has 17 nitrogen and oxygen atoms in total. The number of halogens is 2. The van der Waals surface area contributed by atoms with Gasteiger partial charge in [-0.25, -0.2) is 23.0 Å². The number of hydrogen-bond donors (Lipinski definition) is 2. The summed E-state index contributed by atoms with van der Waals surface area (Å²) < 4.78 is 58.5. The molecule has 0 radical (unpaired) electrons. The minimum Gasteiger partial charge on any atom is -0.496 e. The van der Waals surface area contributed by atoms with Crippen LogP contribution in [0.4, 0.5) is 20.4 Å². The van der Waals surface area contributed by atoms with Gasteiger partial charge in [-0.2, -0.15) is 4.36 Å². The van der Waals surface area contributed by atoms with E-state index in [2.05, 4.69) is 35.3 Å². The van der Waals surface area contributed by atoms with E-state index < -0.39 is 56.9 Å². The molecule has 2 aromatic carbocycles. The van der Waals surface area contributed by atoms with Gasteiger partial charge < -0.3 is 14.8 Å². The number of piperidine rings is 1. The number of aryl methyl sites for hydroxylation is 2. The second-order valence-corrected chi connectivity index (χ2v) is 16.5. The summed E-state index contributed by atoms with van der Waals surface area (Å²) in [7, 11) is -1.76. The molecule has 1 saturated heterocycles. The summed E-state index contributed by atoms with van der Waals surface area (Å²) in [5.74, 6) is -3.17. The monoisotopic (exact) mass is 855 g/mol. The largest absolute Gasteiger partial charge is 0.496 e. The highest BCUT2D eigenvalue weighted by molar-refractivity contribution is 7.93. The van der Waals surface area contributed by atoms with Crippen molar-refractivity contribution in [3.63, 3.8) is 0 Å². The smallest absolute Gasteiger partial charge is 0.266 e. The van der Waals surface area contributed by atoms with Crippen molar-refractivity contribution in [2.45, 2.75) is 62.4 Å². The number of imide groups is 2. The van der Waals surface area contributed by atoms with E-state index in [9.17, 15) is 37.0 Å². The Bertz CT molecular complexity index is 2670. The van der Waals surface area contributed by atoms with Gasteiger partial charge >= 0.3 is 0 Å². The van der Waals surface area contributed by atoms with Gasteiger partial charge in [0, 0.05) is 61.6 Å². The molecule has 0 spiro atoms. The molecule has 5 amide bonds. The van der Waals surface area contributed by atoms with Gasteiger partial charge in [0.1, 0.15) is 40.8 Å². The molecule has 0 saturated carbocycles. The van der Waals surface area contributed by atoms with Gasteiger partial charge in [-0.1, -0.05) is 11.3 Å². The Morgan fingerprint density at radius 2 is 1.77 bits per heavy atom. The van der Waals surface area contributed by atoms with Gasteiger partial charge in [0.2, 0.25) is 11.8 Å². The standard InChI is InChI=1S/C41H39F2N9O8S/c1-59-33-19-24(42)11-13-27(33)29-20-35(45-22-30(29)43)46-34-15-12-26(21-44-34)61(2,58)49-37(54)10-4-3-7-25-23-51(50-48-25)17-6-18-60-32-9-5-8-28-38(32)41(57)52(40(28)56)31-14-16-36(53)47-39(31)55/h5,8-9,11-13,15,19-23,31H,3-4,6-7,10,14,16-18H2,1-2H3,(H,44,45,46)(H,47,53,55). The first-order valence-corrected chi connectivity index (χ1v) is 21.1. The van der Waals surface area contributed by atoms with Crippen LogP contribution in [-0.2, 0) is 37.1 Å². The second-order valence-electron chi connectivity index (χ2n) is 14.2. The lowest BCUT2D eigenvalue weighted by atomic mass is 10.0. The van der Waals surface area contributed by atoms with E-state index in [1.54, 1.807) is 23.0 Å². The van der Waals surface area contributed by atoms with Crippen molar-refractivity contribution < 1.29 is 46.4 Å². The predicted molar refractivity (Wildman–Crippen MR) is 214 cm³/mol. The van der Waals surface area contributed by atoms with Crippen LogP contribution >= 0.6 is 0 Å². The average molecular weight is 856 g/mol. The fourth-order valence-corrected chi connectivity index (χ4v) is 8.01. The maximum atomic E-state index is 14.7. The quantitative estimate of drug-likeness (QED) is 0.0985. The lowest BCUT2D eigenvalue weighted by Gasteiger charge is -2.27. The summed E-state index contributed by atoms with van der Waals surface area (Å²) in [5.41, 5.74) is 1.38. The van der Waals surface area contributed by atoms with Crippen molar-refractivity contribution in [2.24, 2.45) is 4.36 Å². The van der Waals surface area contributed by atoms with Gasteiger partial charge in [0.05, 0.1) is 51.4 Å². The molecule has 7 rings (SSSR count). The third-order valence-corrected chi connectivity index (χ3v) is 11.6. The molecule has 2 aliphatic rings. The number of carbonyl (C=O) groups excluding carboxylic acids is 5. The SMILES string of the molecule is COc1cc(F)ccc1-c1cc(Nc2ccc(S(C)(=O)=NC(=O)CCCCc3cn(CCCOc4cccc5c4C(=O)N(C4CCC(=O)NC4=O)C5=O)nn3)cn2)ncc1F. The number of benzene rings is 2. The molecule has 1 fully saturated rings. The first-order valence-electron chi connectivity index (χ1n) is 19.1. The number of methoxy groups -OCH3 is 1. The number of rotatable bonds is 16. The average Bonchev–Trinajstić information content (AvgIpc) is 3.79. The number of fused-ring (bicyclic) bond motifs is 1. The van der Waals surface area contributed by atoms with Crippen LogP contribution in [-0.4, -0.2) is 89.6 Å². The number of aromatic nitrogens is 5. The summed E-state index contributed by atoms with van der Waals surface area (Å²) >= 11 is 0. The summed E-state index contributed by atoms with van der Waals surface area (Å²) in [5, 5.41) is 13.5. The Morgan fingerprint density at radius 1 is 0.951 bits per heavy atom. The van der Waals surface area contributed by atoms with Crippen LogP contribution in [0, 0.1) is 11.6 Å². The van der Waals surface area contributed by atoms with E-state index in [4.69, 9.17) is 9.47 Å². The molecule has 20 heteroatoms. The van der Waals surface area contributed by atoms with Gasteiger partial charge in [0.15, 0.2) is 0 Å². The minimum absolute atomic E-state index is 0.0235. The molecule has 3 aromatic heterocycles. The topological polar surface area (TPSA) is 217 Å². The Kier molecular flexibility index (Phi) is 12.5. The Hall–Kier alpha value is -6.96. The fraction of sp³-hybridized carbons (Fsp3) is 0.293. The van der Waals surface area contributed by atoms with Crippen LogP contribution in [0.3, 0.4) is 0 Å². The van der Waals surface area contributed by atoms with Gasteiger partial charge in [-0.3, -0.25) is 38.9 Å². The molecule has 2 aliphatic heterocycles. The van der Waals surface area contributed by atoms with E-state index in [1.807, 2.05) is 0 Å². The highest BCUT2D eigenvalue weighted by Gasteiger charge is 2.46. The molecule has 0 aliphatic carbocycles. The van der Waals surface area contributed by atoms with E-state index in [0.29, 0.717) is 49.3 Å². The summed E-state index contributed by atoms with van der Waals surface area (Å²) in [6.45, 7) is 0.641. The maximum Gasteiger partial charge on any atom is 0.266 e. The zero-order chi connectivity index (χ0) is 43.3. The Morgan fingerprint density at radius 3 is 2.54 bits per heavy atom. The molecule has 316 valence electrons. The van der Waals surface area contributed by atoms with Crippen molar-refractivity contribution in [2.75, 3.05) is 25.3 Å². The zero-order valence-electron chi connectivity index (χ0n) is 32.9. The summed E-state index contributed by atoms with van der Waals surface area (Å²) in [6.07, 6.45) is 7.75. The zero-order valence-corrected chi connectivity index (χ0v) is 33.7. The van der Waals surface area contributed by atoms with Gasteiger partial charge in [0.25, 0.3) is 17.7 Å². The Labute approximate surface area is 348 Å². The van der Waals surface area contributed by atoms with Crippen LogP contribution in [0.25, 0.3) is 11.1 Å². The van der Waals surface area contributed by atoms with Crippen molar-refractivity contribution in [3.05, 3.63) is 102 Å². The van der Waals surface area contributed by atoms with Crippen molar-refractivity contribution in [3.8, 4) is 22.6 Å². The van der Waals surface area contributed by atoms with E-state index in [-0.39, 0.29) is 64.8 Å². The third-order valence-electron chi connectivity index (χ3n) is 9.89. The van der Waals surface area contributed by atoms with Crippen LogP contribution in [0.2, 0.25) is 0 Å². The van der Waals surface area contributed by atoms with Crippen LogP contribution in [0.15, 0.2) is 82.4 Å². The second kappa shape index (κ2) is 18.1. The number of unbranched alkanes of at least 4 members (excludes halogenated alkanes) is 1. The minimum atomic E-state index is -3.11. The highest BCUT2D eigenvalue weighted by Crippen LogP contribution is 2.35. The maximum absolute atomic E-state index is 14.7. The van der Waals surface area contributed by atoms with E-state index >= 15 is 0 Å². The molecule has 61 heavy (non-hydrogen) atoms. The lowest BCUT2D eigenvalue weighted by molar-refractivity contribution is -0.136.